The van der Waals surface area contributed by atoms with Crippen molar-refractivity contribution in [3.05, 3.63) is 27.2 Å². The van der Waals surface area contributed by atoms with E-state index in [1.54, 1.807) is 0 Å². The monoisotopic (exact) mass is 234 g/mol. The summed E-state index contributed by atoms with van der Waals surface area (Å²) in [6.07, 6.45) is 0. The summed E-state index contributed by atoms with van der Waals surface area (Å²) in [5.41, 5.74) is 0. The predicted molar refractivity (Wildman–Crippen MR) is 40.9 cm³/mol. The van der Waals surface area contributed by atoms with Crippen molar-refractivity contribution in [2.45, 2.75) is 0 Å². The Morgan fingerprint density at radius 1 is 1.00 bits per heavy atom. The second-order valence-electron chi connectivity index (χ2n) is 1.70. The molecule has 0 N–H and O–H groups in total. The van der Waals surface area contributed by atoms with E-state index in [2.05, 4.69) is 0 Å². The third-order valence-corrected chi connectivity index (χ3v) is 1.74. The van der Waals surface area contributed by atoms with Gasteiger partial charge in [-0.1, -0.05) is 40.6 Å². The summed E-state index contributed by atoms with van der Waals surface area (Å²) < 4.78 is 0. The van der Waals surface area contributed by atoms with Crippen LogP contribution in [-0.4, -0.2) is 0 Å². The van der Waals surface area contributed by atoms with E-state index in [0.717, 1.165) is 0 Å². The van der Waals surface area contributed by atoms with Gasteiger partial charge in [0, 0.05) is 15.1 Å². The van der Waals surface area contributed by atoms with E-state index in [1.807, 2.05) is 0 Å². The van der Waals surface area contributed by atoms with Crippen LogP contribution >= 0.6 is 34.8 Å². The molecule has 0 aliphatic heterocycles. The van der Waals surface area contributed by atoms with Crippen molar-refractivity contribution < 1.29 is 56.5 Å². The molecule has 0 aliphatic carbocycles. The van der Waals surface area contributed by atoms with Crippen molar-refractivity contribution >= 4 is 34.8 Å². The number of halogens is 3. The molecule has 0 unspecified atom stereocenters. The second kappa shape index (κ2) is 5.30. The first-order chi connectivity index (χ1) is 4.61. The van der Waals surface area contributed by atoms with Crippen molar-refractivity contribution in [2.75, 3.05) is 0 Å². The maximum atomic E-state index is 10.8. The summed E-state index contributed by atoms with van der Waals surface area (Å²) >= 11 is 16.4. The molecule has 11 heavy (non-hydrogen) atoms. The van der Waals surface area contributed by atoms with Crippen LogP contribution in [0.4, 0.5) is 0 Å². The van der Waals surface area contributed by atoms with Gasteiger partial charge < -0.3 is 5.11 Å². The van der Waals surface area contributed by atoms with Gasteiger partial charge in [-0.2, -0.15) is 0 Å². The zero-order valence-electron chi connectivity index (χ0n) is 5.70. The Hall–Kier alpha value is 1.53. The molecule has 0 bridgehead atoms. The van der Waals surface area contributed by atoms with Gasteiger partial charge in [0.15, 0.2) is 0 Å². The van der Waals surface area contributed by atoms with Crippen LogP contribution in [0.3, 0.4) is 0 Å². The first-order valence-corrected chi connectivity index (χ1v) is 3.56. The van der Waals surface area contributed by atoms with Gasteiger partial charge in [0.25, 0.3) is 0 Å². The van der Waals surface area contributed by atoms with Crippen LogP contribution in [0, 0.1) is 0 Å². The summed E-state index contributed by atoms with van der Waals surface area (Å²) in [5, 5.41) is 11.3. The molecule has 0 aromatic heterocycles. The normalized spacial score (nSPS) is 9.00. The molecule has 0 fully saturated rings. The van der Waals surface area contributed by atoms with Gasteiger partial charge in [-0.15, -0.1) is 0 Å². The molecule has 1 nitrogen and oxygen atoms in total. The van der Waals surface area contributed by atoms with Crippen molar-refractivity contribution in [3.63, 3.8) is 0 Å². The number of benzene rings is 1. The van der Waals surface area contributed by atoms with Gasteiger partial charge in [-0.25, -0.2) is 0 Å². The topological polar surface area (TPSA) is 23.1 Å². The van der Waals surface area contributed by atoms with Gasteiger partial charge in [0.1, 0.15) is 0 Å². The molecule has 0 amide bonds. The van der Waals surface area contributed by atoms with E-state index in [1.165, 1.54) is 12.1 Å². The zero-order chi connectivity index (χ0) is 7.72. The molecule has 0 atom stereocenters. The maximum Gasteiger partial charge on any atom is 1.00 e. The minimum Gasteiger partial charge on any atom is -0.870 e. The van der Waals surface area contributed by atoms with Crippen molar-refractivity contribution in [2.24, 2.45) is 0 Å². The predicted octanol–water partition coefficient (Wildman–Crippen LogP) is -0.276. The first kappa shape index (κ1) is 12.5. The molecule has 1 aromatic rings. The van der Waals surface area contributed by atoms with Crippen LogP contribution in [0.1, 0.15) is 0 Å². The molecule has 0 aliphatic rings. The van der Waals surface area contributed by atoms with Crippen molar-refractivity contribution in [1.29, 1.82) is 0 Å². The fourth-order valence-corrected chi connectivity index (χ4v) is 1.35. The minimum atomic E-state index is -0.382. The summed E-state index contributed by atoms with van der Waals surface area (Å²) in [4.78, 5) is 0. The first-order valence-electron chi connectivity index (χ1n) is 2.43. The number of hydrogen-bond donors (Lipinski definition) is 0. The molecular formula is C6H2Cl3KO. The van der Waals surface area contributed by atoms with Crippen LogP contribution in [-0.2, 0) is 0 Å². The summed E-state index contributed by atoms with van der Waals surface area (Å²) in [5.74, 6) is -0.382. The zero-order valence-corrected chi connectivity index (χ0v) is 11.1. The van der Waals surface area contributed by atoms with Gasteiger partial charge in [-0.05, 0) is 12.1 Å². The average molecular weight is 236 g/mol. The third-order valence-electron chi connectivity index (χ3n) is 0.963. The van der Waals surface area contributed by atoms with Crippen LogP contribution in [0.25, 0.3) is 0 Å². The van der Waals surface area contributed by atoms with Gasteiger partial charge >= 0.3 is 51.4 Å². The Kier molecular flexibility index (Phi) is 6.03. The smallest absolute Gasteiger partial charge is 0.870 e. The van der Waals surface area contributed by atoms with Crippen LogP contribution in [0.5, 0.6) is 5.75 Å². The van der Waals surface area contributed by atoms with E-state index in [0.29, 0.717) is 5.02 Å². The Balaban J connectivity index is 0.000001000. The minimum absolute atomic E-state index is 0. The molecule has 0 heterocycles. The summed E-state index contributed by atoms with van der Waals surface area (Å²) in [7, 11) is 0. The standard InChI is InChI=1S/C6H3Cl3O.K/c7-3-1-4(8)6(10)5(9)2-3;/h1-2,10H;/q;+1/p-1. The maximum absolute atomic E-state index is 10.8. The van der Waals surface area contributed by atoms with Gasteiger partial charge in [0.2, 0.25) is 0 Å². The molecule has 0 radical (unpaired) electrons. The molecule has 0 saturated carbocycles. The van der Waals surface area contributed by atoms with Gasteiger partial charge in [0.05, 0.1) is 0 Å². The third kappa shape index (κ3) is 3.41. The number of hydrogen-bond acceptors (Lipinski definition) is 1. The van der Waals surface area contributed by atoms with E-state index in [-0.39, 0.29) is 67.2 Å². The van der Waals surface area contributed by atoms with E-state index in [4.69, 9.17) is 34.8 Å². The molecule has 1 aromatic carbocycles. The Bertz CT molecular complexity index is 241. The van der Waals surface area contributed by atoms with E-state index >= 15 is 0 Å². The van der Waals surface area contributed by atoms with Crippen molar-refractivity contribution in [3.8, 4) is 5.75 Å². The van der Waals surface area contributed by atoms with Crippen LogP contribution in [0.15, 0.2) is 12.1 Å². The summed E-state index contributed by atoms with van der Waals surface area (Å²) in [6, 6.07) is 2.72. The average Bonchev–Trinajstić information content (AvgIpc) is 1.82. The Morgan fingerprint density at radius 2 is 1.36 bits per heavy atom. The summed E-state index contributed by atoms with van der Waals surface area (Å²) in [6.45, 7) is 0. The van der Waals surface area contributed by atoms with Crippen molar-refractivity contribution in [1.82, 2.24) is 0 Å². The molecule has 0 spiro atoms. The fraction of sp³-hybridized carbons (Fsp3) is 0. The Morgan fingerprint density at radius 3 is 1.73 bits per heavy atom. The fourth-order valence-electron chi connectivity index (χ4n) is 0.529. The van der Waals surface area contributed by atoms with Crippen LogP contribution in [0.2, 0.25) is 15.1 Å². The van der Waals surface area contributed by atoms with E-state index < -0.39 is 0 Å². The second-order valence-corrected chi connectivity index (χ2v) is 2.95. The van der Waals surface area contributed by atoms with E-state index in [9.17, 15) is 5.11 Å². The molecule has 1 rings (SSSR count). The van der Waals surface area contributed by atoms with Crippen LogP contribution < -0.4 is 56.5 Å². The largest absolute Gasteiger partial charge is 1.00 e. The SMILES string of the molecule is [K+].[O-]c1c(Cl)cc(Cl)cc1Cl. The quantitative estimate of drug-likeness (QED) is 0.568. The number of rotatable bonds is 0. The van der Waals surface area contributed by atoms with Gasteiger partial charge in [-0.3, -0.25) is 0 Å². The molecule has 0 saturated heterocycles. The molecule has 5 heteroatoms. The molecule has 54 valence electrons. The Labute approximate surface area is 122 Å². The molecular weight excluding hydrogens is 234 g/mol.